The Labute approximate surface area is 179 Å². The highest BCUT2D eigenvalue weighted by molar-refractivity contribution is 7.98. The molecule has 0 spiro atoms. The number of carbonyl (C=O) groups excluding carboxylic acids is 3. The first kappa shape index (κ1) is 23.6. The monoisotopic (exact) mass is 460 g/mol. The second kappa shape index (κ2) is 10.4. The van der Waals surface area contributed by atoms with Gasteiger partial charge in [0.05, 0.1) is 22.8 Å². The predicted molar refractivity (Wildman–Crippen MR) is 106 cm³/mol. The van der Waals surface area contributed by atoms with Crippen LogP contribution in [0.15, 0.2) is 35.2 Å². The van der Waals surface area contributed by atoms with Gasteiger partial charge in [-0.3, -0.25) is 9.59 Å². The van der Waals surface area contributed by atoms with Crippen molar-refractivity contribution < 1.29 is 32.3 Å². The Morgan fingerprint density at radius 3 is 2.50 bits per heavy atom. The van der Waals surface area contributed by atoms with Crippen molar-refractivity contribution in [1.82, 2.24) is 5.32 Å². The molecule has 0 heterocycles. The van der Waals surface area contributed by atoms with Gasteiger partial charge < -0.3 is 15.4 Å². The van der Waals surface area contributed by atoms with Crippen molar-refractivity contribution in [2.75, 3.05) is 18.1 Å². The largest absolute Gasteiger partial charge is 0.449 e. The van der Waals surface area contributed by atoms with E-state index in [1.165, 1.54) is 30.8 Å². The number of thioether (sulfide) groups is 1. The molecule has 0 aliphatic rings. The zero-order valence-corrected chi connectivity index (χ0v) is 17.3. The number of halogens is 4. The van der Waals surface area contributed by atoms with Gasteiger partial charge in [-0.25, -0.2) is 18.0 Å². The molecule has 2 aromatic carbocycles. The topological polar surface area (TPSA) is 84.5 Å². The van der Waals surface area contributed by atoms with E-state index in [9.17, 15) is 27.6 Å². The highest BCUT2D eigenvalue weighted by Crippen LogP contribution is 2.24. The van der Waals surface area contributed by atoms with Crippen molar-refractivity contribution in [3.8, 4) is 0 Å². The van der Waals surface area contributed by atoms with Crippen molar-refractivity contribution in [3.05, 3.63) is 58.4 Å². The maximum atomic E-state index is 13.6. The molecule has 0 fully saturated rings. The lowest BCUT2D eigenvalue weighted by atomic mass is 10.2. The smallest absolute Gasteiger partial charge is 0.340 e. The molecule has 6 nitrogen and oxygen atoms in total. The highest BCUT2D eigenvalue weighted by atomic mass is 35.5. The van der Waals surface area contributed by atoms with Gasteiger partial charge >= 0.3 is 5.97 Å². The Morgan fingerprint density at radius 1 is 1.13 bits per heavy atom. The van der Waals surface area contributed by atoms with Gasteiger partial charge in [0.1, 0.15) is 0 Å². The van der Waals surface area contributed by atoms with Crippen LogP contribution in [0.2, 0.25) is 5.02 Å². The average Bonchev–Trinajstić information content (AvgIpc) is 2.72. The number of esters is 1. The van der Waals surface area contributed by atoms with Gasteiger partial charge in [0.15, 0.2) is 23.6 Å². The second-order valence-electron chi connectivity index (χ2n) is 5.88. The Bertz CT molecular complexity index is 990. The normalized spacial score (nSPS) is 11.5. The Hall–Kier alpha value is -2.72. The number of hydrogen-bond acceptors (Lipinski definition) is 5. The molecule has 0 bridgehead atoms. The SMILES string of the molecule is CSc1ccc(Cl)c(C(=O)O[C@H](C)C(=O)NCC(=O)Nc2ccc(F)c(F)c2F)c1. The summed E-state index contributed by atoms with van der Waals surface area (Å²) in [7, 11) is 0. The molecule has 0 radical (unpaired) electrons. The molecule has 2 aromatic rings. The Balaban J connectivity index is 1.91. The summed E-state index contributed by atoms with van der Waals surface area (Å²) in [6.07, 6.45) is 0.547. The number of anilines is 1. The van der Waals surface area contributed by atoms with Gasteiger partial charge in [0.2, 0.25) is 5.91 Å². The number of hydrogen-bond donors (Lipinski definition) is 2. The quantitative estimate of drug-likeness (QED) is 0.373. The van der Waals surface area contributed by atoms with Crippen molar-refractivity contribution in [1.29, 1.82) is 0 Å². The van der Waals surface area contributed by atoms with E-state index in [-0.39, 0.29) is 10.6 Å². The standard InChI is InChI=1S/C19H16ClF3N2O4S/c1-9(29-19(28)11-7-10(30-2)3-4-12(11)20)18(27)24-8-15(26)25-14-6-5-13(21)16(22)17(14)23/h3-7,9H,8H2,1-2H3,(H,24,27)(H,25,26)/t9-/m1/s1. The number of rotatable bonds is 7. The molecule has 0 aliphatic carbocycles. The Morgan fingerprint density at radius 2 is 1.83 bits per heavy atom. The molecule has 0 unspecified atom stereocenters. The number of nitrogens with one attached hydrogen (secondary N) is 2. The van der Waals surface area contributed by atoms with Crippen molar-refractivity contribution >= 4 is 46.8 Å². The molecular weight excluding hydrogens is 445 g/mol. The summed E-state index contributed by atoms with van der Waals surface area (Å²) < 4.78 is 44.7. The second-order valence-corrected chi connectivity index (χ2v) is 7.17. The molecule has 0 aromatic heterocycles. The van der Waals surface area contributed by atoms with Gasteiger partial charge in [-0.1, -0.05) is 11.6 Å². The summed E-state index contributed by atoms with van der Waals surface area (Å²) in [6.45, 7) is 0.661. The van der Waals surface area contributed by atoms with Crippen LogP contribution in [0, 0.1) is 17.5 Å². The number of carbonyl (C=O) groups is 3. The van der Waals surface area contributed by atoms with Crippen LogP contribution in [0.5, 0.6) is 0 Å². The third-order valence-corrected chi connectivity index (χ3v) is 4.83. The van der Waals surface area contributed by atoms with E-state index in [1.807, 2.05) is 11.6 Å². The van der Waals surface area contributed by atoms with Gasteiger partial charge in [0.25, 0.3) is 5.91 Å². The maximum Gasteiger partial charge on any atom is 0.340 e. The fourth-order valence-corrected chi connectivity index (χ4v) is 2.83. The van der Waals surface area contributed by atoms with Crippen molar-refractivity contribution in [2.45, 2.75) is 17.9 Å². The van der Waals surface area contributed by atoms with Crippen LogP contribution in [0.3, 0.4) is 0 Å². The van der Waals surface area contributed by atoms with Gasteiger partial charge in [-0.15, -0.1) is 11.8 Å². The molecule has 0 aliphatic heterocycles. The molecule has 2 N–H and O–H groups in total. The van der Waals surface area contributed by atoms with E-state index in [0.29, 0.717) is 6.07 Å². The molecule has 0 saturated heterocycles. The molecule has 2 amide bonds. The molecule has 2 rings (SSSR count). The molecule has 160 valence electrons. The number of amides is 2. The lowest BCUT2D eigenvalue weighted by Gasteiger charge is -2.14. The number of benzene rings is 2. The van der Waals surface area contributed by atoms with Crippen LogP contribution < -0.4 is 10.6 Å². The summed E-state index contributed by atoms with van der Waals surface area (Å²) >= 11 is 7.37. The van der Waals surface area contributed by atoms with Crippen LogP contribution in [0.1, 0.15) is 17.3 Å². The first-order valence-electron chi connectivity index (χ1n) is 8.39. The minimum Gasteiger partial charge on any atom is -0.449 e. The van der Waals surface area contributed by atoms with Crippen LogP contribution in [-0.4, -0.2) is 36.7 Å². The zero-order chi connectivity index (χ0) is 22.4. The van der Waals surface area contributed by atoms with E-state index in [0.717, 1.165) is 11.0 Å². The van der Waals surface area contributed by atoms with Crippen LogP contribution >= 0.6 is 23.4 Å². The Kier molecular flexibility index (Phi) is 8.13. The summed E-state index contributed by atoms with van der Waals surface area (Å²) in [5, 5.41) is 4.33. The van der Waals surface area contributed by atoms with Crippen LogP contribution in [0.4, 0.5) is 18.9 Å². The third kappa shape index (κ3) is 5.90. The summed E-state index contributed by atoms with van der Waals surface area (Å²) in [6, 6.07) is 6.24. The lowest BCUT2D eigenvalue weighted by molar-refractivity contribution is -0.130. The van der Waals surface area contributed by atoms with E-state index in [2.05, 4.69) is 5.32 Å². The third-order valence-electron chi connectivity index (χ3n) is 3.78. The maximum absolute atomic E-state index is 13.6. The van der Waals surface area contributed by atoms with E-state index in [1.54, 1.807) is 6.07 Å². The van der Waals surface area contributed by atoms with Crippen molar-refractivity contribution in [2.24, 2.45) is 0 Å². The van der Waals surface area contributed by atoms with E-state index >= 15 is 0 Å². The molecule has 0 saturated carbocycles. The van der Waals surface area contributed by atoms with Gasteiger partial charge in [0, 0.05) is 4.90 Å². The predicted octanol–water partition coefficient (Wildman–Crippen LogP) is 3.78. The molecule has 1 atom stereocenters. The fraction of sp³-hybridized carbons (Fsp3) is 0.211. The zero-order valence-electron chi connectivity index (χ0n) is 15.7. The van der Waals surface area contributed by atoms with E-state index in [4.69, 9.17) is 16.3 Å². The summed E-state index contributed by atoms with van der Waals surface area (Å²) in [5.41, 5.74) is -0.509. The van der Waals surface area contributed by atoms with Crippen LogP contribution in [-0.2, 0) is 14.3 Å². The van der Waals surface area contributed by atoms with Gasteiger partial charge in [-0.2, -0.15) is 0 Å². The first-order chi connectivity index (χ1) is 14.1. The first-order valence-corrected chi connectivity index (χ1v) is 10.00. The minimum absolute atomic E-state index is 0.0784. The molecular formula is C19H16ClF3N2O4S. The molecule has 11 heteroatoms. The minimum atomic E-state index is -1.73. The average molecular weight is 461 g/mol. The molecule has 30 heavy (non-hydrogen) atoms. The highest BCUT2D eigenvalue weighted by Gasteiger charge is 2.22. The summed E-state index contributed by atoms with van der Waals surface area (Å²) in [5.74, 6) is -7.24. The van der Waals surface area contributed by atoms with Crippen molar-refractivity contribution in [3.63, 3.8) is 0 Å². The van der Waals surface area contributed by atoms with Crippen LogP contribution in [0.25, 0.3) is 0 Å². The lowest BCUT2D eigenvalue weighted by Crippen LogP contribution is -2.40. The fourth-order valence-electron chi connectivity index (χ4n) is 2.19. The number of ether oxygens (including phenoxy) is 1. The van der Waals surface area contributed by atoms with Gasteiger partial charge in [-0.05, 0) is 43.5 Å². The van der Waals surface area contributed by atoms with E-state index < -0.39 is 53.6 Å². The summed E-state index contributed by atoms with van der Waals surface area (Å²) in [4.78, 5) is 36.9.